The van der Waals surface area contributed by atoms with Gasteiger partial charge >= 0.3 is 0 Å². The SMILES string of the molecule is CN=C(NCCCN1CCc2ccccc2C1)N1CCC(COCc2ccccc2)C1.I. The molecule has 2 aliphatic rings. The lowest BCUT2D eigenvalue weighted by Crippen LogP contribution is -2.41. The van der Waals surface area contributed by atoms with Gasteiger partial charge in [0, 0.05) is 52.2 Å². The van der Waals surface area contributed by atoms with Crippen molar-refractivity contribution in [3.8, 4) is 0 Å². The first kappa shape index (κ1) is 25.0. The third-order valence-corrected chi connectivity index (χ3v) is 6.41. The monoisotopic (exact) mass is 548 g/mol. The zero-order chi connectivity index (χ0) is 21.3. The van der Waals surface area contributed by atoms with Crippen LogP contribution in [-0.2, 0) is 24.3 Å². The predicted molar refractivity (Wildman–Crippen MR) is 143 cm³/mol. The Morgan fingerprint density at radius 2 is 1.84 bits per heavy atom. The molecule has 0 amide bonds. The Kier molecular flexibility index (Phi) is 10.3. The molecule has 2 aromatic carbocycles. The zero-order valence-electron chi connectivity index (χ0n) is 19.2. The van der Waals surface area contributed by atoms with Crippen molar-refractivity contribution < 1.29 is 4.74 Å². The van der Waals surface area contributed by atoms with E-state index in [4.69, 9.17) is 4.74 Å². The van der Waals surface area contributed by atoms with E-state index in [1.165, 1.54) is 36.1 Å². The number of ether oxygens (including phenoxy) is 1. The molecule has 0 bridgehead atoms. The number of hydrogen-bond acceptors (Lipinski definition) is 3. The number of fused-ring (bicyclic) bond motifs is 1. The fourth-order valence-corrected chi connectivity index (χ4v) is 4.66. The van der Waals surface area contributed by atoms with Gasteiger partial charge in [-0.1, -0.05) is 54.6 Å². The lowest BCUT2D eigenvalue weighted by Gasteiger charge is -2.29. The van der Waals surface area contributed by atoms with Crippen LogP contribution in [0.3, 0.4) is 0 Å². The predicted octanol–water partition coefficient (Wildman–Crippen LogP) is 4.17. The van der Waals surface area contributed by atoms with E-state index in [-0.39, 0.29) is 24.0 Å². The van der Waals surface area contributed by atoms with Crippen LogP contribution in [0.5, 0.6) is 0 Å². The van der Waals surface area contributed by atoms with E-state index in [1.54, 1.807) is 0 Å². The van der Waals surface area contributed by atoms with E-state index in [2.05, 4.69) is 68.6 Å². The maximum atomic E-state index is 5.96. The summed E-state index contributed by atoms with van der Waals surface area (Å²) in [5.41, 5.74) is 4.26. The molecule has 174 valence electrons. The van der Waals surface area contributed by atoms with Crippen molar-refractivity contribution in [3.05, 3.63) is 71.3 Å². The fourth-order valence-electron chi connectivity index (χ4n) is 4.66. The molecule has 0 aromatic heterocycles. The van der Waals surface area contributed by atoms with Gasteiger partial charge in [-0.2, -0.15) is 0 Å². The first-order chi connectivity index (χ1) is 15.3. The van der Waals surface area contributed by atoms with Gasteiger partial charge in [-0.15, -0.1) is 24.0 Å². The normalized spacial score (nSPS) is 18.8. The molecule has 2 aliphatic heterocycles. The summed E-state index contributed by atoms with van der Waals surface area (Å²) in [5, 5.41) is 3.58. The molecular formula is C26H37IN4O. The minimum absolute atomic E-state index is 0. The lowest BCUT2D eigenvalue weighted by atomic mass is 10.00. The standard InChI is InChI=1S/C26H36N4O.HI/c1-27-26(28-14-7-15-29-16-13-24-10-5-6-11-25(24)19-29)30-17-12-23(18-30)21-31-20-22-8-3-2-4-9-22;/h2-6,8-11,23H,7,12-21H2,1H3,(H,27,28);1H. The van der Waals surface area contributed by atoms with Gasteiger partial charge in [0.15, 0.2) is 5.96 Å². The van der Waals surface area contributed by atoms with Crippen LogP contribution in [0.2, 0.25) is 0 Å². The zero-order valence-corrected chi connectivity index (χ0v) is 21.5. The van der Waals surface area contributed by atoms with Gasteiger partial charge in [0.05, 0.1) is 13.2 Å². The molecule has 1 fully saturated rings. The van der Waals surface area contributed by atoms with Crippen molar-refractivity contribution in [2.75, 3.05) is 46.4 Å². The van der Waals surface area contributed by atoms with Gasteiger partial charge in [-0.05, 0) is 36.0 Å². The van der Waals surface area contributed by atoms with E-state index in [0.29, 0.717) is 12.5 Å². The average Bonchev–Trinajstić information content (AvgIpc) is 3.28. The van der Waals surface area contributed by atoms with E-state index in [9.17, 15) is 0 Å². The smallest absolute Gasteiger partial charge is 0.193 e. The van der Waals surface area contributed by atoms with Crippen molar-refractivity contribution in [1.29, 1.82) is 0 Å². The second-order valence-electron chi connectivity index (χ2n) is 8.72. The summed E-state index contributed by atoms with van der Waals surface area (Å²) < 4.78 is 5.96. The molecule has 1 saturated heterocycles. The molecule has 2 heterocycles. The van der Waals surface area contributed by atoms with E-state index >= 15 is 0 Å². The Labute approximate surface area is 210 Å². The number of hydrogen-bond donors (Lipinski definition) is 1. The fraction of sp³-hybridized carbons (Fsp3) is 0.500. The molecule has 5 nitrogen and oxygen atoms in total. The lowest BCUT2D eigenvalue weighted by molar-refractivity contribution is 0.0906. The number of likely N-dealkylation sites (tertiary alicyclic amines) is 1. The van der Waals surface area contributed by atoms with Gasteiger partial charge in [-0.3, -0.25) is 9.89 Å². The van der Waals surface area contributed by atoms with Crippen molar-refractivity contribution in [2.24, 2.45) is 10.9 Å². The highest BCUT2D eigenvalue weighted by atomic mass is 127. The van der Waals surface area contributed by atoms with Crippen molar-refractivity contribution >= 4 is 29.9 Å². The molecule has 1 unspecified atom stereocenters. The number of benzene rings is 2. The average molecular weight is 549 g/mol. The molecule has 0 spiro atoms. The highest BCUT2D eigenvalue weighted by molar-refractivity contribution is 14.0. The summed E-state index contributed by atoms with van der Waals surface area (Å²) >= 11 is 0. The molecule has 2 aromatic rings. The third kappa shape index (κ3) is 7.18. The summed E-state index contributed by atoms with van der Waals surface area (Å²) in [4.78, 5) is 9.48. The van der Waals surface area contributed by atoms with Gasteiger partial charge in [-0.25, -0.2) is 0 Å². The molecule has 0 aliphatic carbocycles. The van der Waals surface area contributed by atoms with E-state index < -0.39 is 0 Å². The number of rotatable bonds is 8. The number of nitrogens with zero attached hydrogens (tertiary/aromatic N) is 3. The second kappa shape index (κ2) is 13.2. The summed E-state index contributed by atoms with van der Waals surface area (Å²) in [7, 11) is 1.89. The van der Waals surface area contributed by atoms with Crippen molar-refractivity contribution in [1.82, 2.24) is 15.1 Å². The number of guanidine groups is 1. The van der Waals surface area contributed by atoms with Crippen LogP contribution in [0.25, 0.3) is 0 Å². The molecule has 1 atom stereocenters. The topological polar surface area (TPSA) is 40.1 Å². The highest BCUT2D eigenvalue weighted by Crippen LogP contribution is 2.19. The largest absolute Gasteiger partial charge is 0.376 e. The summed E-state index contributed by atoms with van der Waals surface area (Å²) in [6.07, 6.45) is 3.48. The van der Waals surface area contributed by atoms with E-state index in [1.807, 2.05) is 13.1 Å². The summed E-state index contributed by atoms with van der Waals surface area (Å²) in [5.74, 6) is 1.62. The van der Waals surface area contributed by atoms with Gasteiger partial charge < -0.3 is 15.0 Å². The molecular weight excluding hydrogens is 511 g/mol. The summed E-state index contributed by atoms with van der Waals surface area (Å²) in [6.45, 7) is 7.96. The second-order valence-corrected chi connectivity index (χ2v) is 8.72. The first-order valence-corrected chi connectivity index (χ1v) is 11.7. The van der Waals surface area contributed by atoms with Crippen molar-refractivity contribution in [2.45, 2.75) is 32.4 Å². The molecule has 4 rings (SSSR count). The first-order valence-electron chi connectivity index (χ1n) is 11.7. The van der Waals surface area contributed by atoms with Crippen LogP contribution >= 0.6 is 24.0 Å². The van der Waals surface area contributed by atoms with Gasteiger partial charge in [0.25, 0.3) is 0 Å². The Morgan fingerprint density at radius 3 is 2.66 bits per heavy atom. The quantitative estimate of drug-likeness (QED) is 0.233. The molecule has 6 heteroatoms. The minimum Gasteiger partial charge on any atom is -0.376 e. The van der Waals surface area contributed by atoms with Crippen molar-refractivity contribution in [3.63, 3.8) is 0 Å². The van der Waals surface area contributed by atoms with Crippen LogP contribution < -0.4 is 5.32 Å². The van der Waals surface area contributed by atoms with E-state index in [0.717, 1.165) is 51.7 Å². The van der Waals surface area contributed by atoms with Crippen LogP contribution in [0.4, 0.5) is 0 Å². The maximum Gasteiger partial charge on any atom is 0.193 e. The summed E-state index contributed by atoms with van der Waals surface area (Å²) in [6, 6.07) is 19.3. The van der Waals surface area contributed by atoms with Crippen LogP contribution in [0.15, 0.2) is 59.6 Å². The number of aliphatic imine (C=N–C) groups is 1. The highest BCUT2D eigenvalue weighted by Gasteiger charge is 2.25. The molecule has 32 heavy (non-hydrogen) atoms. The van der Waals surface area contributed by atoms with Crippen LogP contribution in [-0.4, -0.2) is 62.1 Å². The van der Waals surface area contributed by atoms with Crippen LogP contribution in [0.1, 0.15) is 29.5 Å². The molecule has 0 saturated carbocycles. The number of halogens is 1. The van der Waals surface area contributed by atoms with Crippen LogP contribution in [0, 0.1) is 5.92 Å². The Bertz CT molecular complexity index is 845. The molecule has 1 N–H and O–H groups in total. The minimum atomic E-state index is 0. The molecule has 0 radical (unpaired) electrons. The Morgan fingerprint density at radius 1 is 1.06 bits per heavy atom. The van der Waals surface area contributed by atoms with Gasteiger partial charge in [0.1, 0.15) is 0 Å². The Hall–Kier alpha value is -1.64. The Balaban J connectivity index is 0.00000289. The third-order valence-electron chi connectivity index (χ3n) is 6.41. The number of nitrogens with one attached hydrogen (secondary N) is 1. The maximum absolute atomic E-state index is 5.96. The van der Waals surface area contributed by atoms with Gasteiger partial charge in [0.2, 0.25) is 0 Å².